The number of ether oxygens (including phenoxy) is 3. The van der Waals surface area contributed by atoms with Gasteiger partial charge in [-0.05, 0) is 18.6 Å². The summed E-state index contributed by atoms with van der Waals surface area (Å²) in [7, 11) is 4.54. The molecular formula is C13H19NO4. The molecule has 1 aromatic rings. The highest BCUT2D eigenvalue weighted by Gasteiger charge is 2.20. The molecule has 0 aliphatic heterocycles. The number of hydrogen-bond acceptors (Lipinski definition) is 4. The molecule has 18 heavy (non-hydrogen) atoms. The first kappa shape index (κ1) is 14.2. The first-order valence-electron chi connectivity index (χ1n) is 5.76. The number of hydrogen-bond donors (Lipinski definition) is 1. The minimum atomic E-state index is -0.186. The molecule has 1 aromatic carbocycles. The van der Waals surface area contributed by atoms with Crippen LogP contribution in [-0.4, -0.2) is 33.8 Å². The van der Waals surface area contributed by atoms with E-state index in [2.05, 4.69) is 5.32 Å². The van der Waals surface area contributed by atoms with Crippen LogP contribution >= 0.6 is 0 Å². The Hall–Kier alpha value is -1.91. The highest BCUT2D eigenvalue weighted by atomic mass is 16.5. The van der Waals surface area contributed by atoms with Crippen LogP contribution in [0.3, 0.4) is 0 Å². The summed E-state index contributed by atoms with van der Waals surface area (Å²) >= 11 is 0. The molecule has 0 bridgehead atoms. The summed E-state index contributed by atoms with van der Waals surface area (Å²) in [5.74, 6) is 1.14. The molecule has 100 valence electrons. The molecule has 1 N–H and O–H groups in total. The van der Waals surface area contributed by atoms with Gasteiger partial charge in [0.2, 0.25) is 5.75 Å². The van der Waals surface area contributed by atoms with Crippen molar-refractivity contribution < 1.29 is 19.0 Å². The van der Waals surface area contributed by atoms with Gasteiger partial charge in [0, 0.05) is 6.54 Å². The topological polar surface area (TPSA) is 56.8 Å². The van der Waals surface area contributed by atoms with Crippen LogP contribution in [0.1, 0.15) is 23.7 Å². The average molecular weight is 253 g/mol. The van der Waals surface area contributed by atoms with E-state index in [1.807, 2.05) is 6.92 Å². The third-order valence-electron chi connectivity index (χ3n) is 2.48. The molecular weight excluding hydrogens is 234 g/mol. The van der Waals surface area contributed by atoms with E-state index in [4.69, 9.17) is 14.2 Å². The highest BCUT2D eigenvalue weighted by molar-refractivity contribution is 5.98. The van der Waals surface area contributed by atoms with Gasteiger partial charge in [0.25, 0.3) is 5.91 Å². The minimum Gasteiger partial charge on any atom is -0.493 e. The molecule has 0 heterocycles. The molecule has 0 fully saturated rings. The lowest BCUT2D eigenvalue weighted by atomic mass is 10.1. The average Bonchev–Trinajstić information content (AvgIpc) is 2.42. The van der Waals surface area contributed by atoms with Gasteiger partial charge in [-0.25, -0.2) is 0 Å². The standard InChI is InChI=1S/C13H19NO4/c1-5-8-14-13(15)9-6-7-10(16-2)12(18-4)11(9)17-3/h6-7H,5,8H2,1-4H3,(H,14,15). The van der Waals surface area contributed by atoms with Crippen LogP contribution in [-0.2, 0) is 0 Å². The van der Waals surface area contributed by atoms with Crippen LogP contribution in [0, 0.1) is 0 Å². The van der Waals surface area contributed by atoms with E-state index in [1.165, 1.54) is 21.3 Å². The molecule has 0 saturated heterocycles. The molecule has 0 saturated carbocycles. The Morgan fingerprint density at radius 1 is 1.11 bits per heavy atom. The molecule has 0 aliphatic rings. The van der Waals surface area contributed by atoms with Crippen LogP contribution < -0.4 is 19.5 Å². The van der Waals surface area contributed by atoms with Crippen LogP contribution in [0.4, 0.5) is 0 Å². The van der Waals surface area contributed by atoms with Crippen molar-refractivity contribution in [1.82, 2.24) is 5.32 Å². The lowest BCUT2D eigenvalue weighted by Crippen LogP contribution is -2.24. The van der Waals surface area contributed by atoms with Crippen molar-refractivity contribution in [2.75, 3.05) is 27.9 Å². The monoisotopic (exact) mass is 253 g/mol. The van der Waals surface area contributed by atoms with Crippen LogP contribution in [0.15, 0.2) is 12.1 Å². The Morgan fingerprint density at radius 2 is 1.78 bits per heavy atom. The number of rotatable bonds is 6. The summed E-state index contributed by atoms with van der Waals surface area (Å²) in [6.45, 7) is 2.61. The van der Waals surface area contributed by atoms with Crippen LogP contribution in [0.2, 0.25) is 0 Å². The van der Waals surface area contributed by atoms with Crippen LogP contribution in [0.5, 0.6) is 17.2 Å². The number of nitrogens with one attached hydrogen (secondary N) is 1. The van der Waals surface area contributed by atoms with Gasteiger partial charge in [0.05, 0.1) is 26.9 Å². The second kappa shape index (κ2) is 6.74. The van der Waals surface area contributed by atoms with Crippen molar-refractivity contribution in [3.05, 3.63) is 17.7 Å². The van der Waals surface area contributed by atoms with Crippen molar-refractivity contribution in [3.8, 4) is 17.2 Å². The van der Waals surface area contributed by atoms with Gasteiger partial charge >= 0.3 is 0 Å². The Balaban J connectivity index is 3.16. The van der Waals surface area contributed by atoms with Gasteiger partial charge in [0.15, 0.2) is 11.5 Å². The summed E-state index contributed by atoms with van der Waals surface area (Å²) in [4.78, 5) is 12.0. The molecule has 5 heteroatoms. The minimum absolute atomic E-state index is 0.186. The predicted octanol–water partition coefficient (Wildman–Crippen LogP) is 1.85. The Labute approximate surface area is 107 Å². The first-order chi connectivity index (χ1) is 8.69. The zero-order valence-electron chi connectivity index (χ0n) is 11.2. The predicted molar refractivity (Wildman–Crippen MR) is 68.7 cm³/mol. The van der Waals surface area contributed by atoms with Crippen molar-refractivity contribution in [2.24, 2.45) is 0 Å². The van der Waals surface area contributed by atoms with Gasteiger partial charge in [0.1, 0.15) is 0 Å². The van der Waals surface area contributed by atoms with E-state index in [0.717, 1.165) is 6.42 Å². The Kier molecular flexibility index (Phi) is 5.30. The fraction of sp³-hybridized carbons (Fsp3) is 0.462. The van der Waals surface area contributed by atoms with E-state index in [9.17, 15) is 4.79 Å². The maximum absolute atomic E-state index is 12.0. The SMILES string of the molecule is CCCNC(=O)c1ccc(OC)c(OC)c1OC. The fourth-order valence-electron chi connectivity index (χ4n) is 1.61. The lowest BCUT2D eigenvalue weighted by Gasteiger charge is -2.15. The molecule has 0 aromatic heterocycles. The van der Waals surface area contributed by atoms with E-state index < -0.39 is 0 Å². The number of methoxy groups -OCH3 is 3. The largest absolute Gasteiger partial charge is 0.493 e. The third kappa shape index (κ3) is 2.85. The summed E-state index contributed by atoms with van der Waals surface area (Å²) < 4.78 is 15.6. The number of benzene rings is 1. The summed E-state index contributed by atoms with van der Waals surface area (Å²) in [5.41, 5.74) is 0.434. The highest BCUT2D eigenvalue weighted by Crippen LogP contribution is 2.39. The molecule has 0 atom stereocenters. The van der Waals surface area contributed by atoms with Gasteiger partial charge in [-0.15, -0.1) is 0 Å². The van der Waals surface area contributed by atoms with Crippen molar-refractivity contribution >= 4 is 5.91 Å². The molecule has 5 nitrogen and oxygen atoms in total. The second-order valence-electron chi connectivity index (χ2n) is 3.64. The van der Waals surface area contributed by atoms with Gasteiger partial charge < -0.3 is 19.5 Å². The number of amides is 1. The van der Waals surface area contributed by atoms with Gasteiger partial charge in [-0.1, -0.05) is 6.92 Å². The van der Waals surface area contributed by atoms with E-state index >= 15 is 0 Å². The van der Waals surface area contributed by atoms with Crippen molar-refractivity contribution in [2.45, 2.75) is 13.3 Å². The quantitative estimate of drug-likeness (QED) is 0.840. The molecule has 0 unspecified atom stereocenters. The van der Waals surface area contributed by atoms with Crippen molar-refractivity contribution in [3.63, 3.8) is 0 Å². The summed E-state index contributed by atoms with van der Waals surface area (Å²) in [5, 5.41) is 2.80. The zero-order valence-corrected chi connectivity index (χ0v) is 11.2. The fourth-order valence-corrected chi connectivity index (χ4v) is 1.61. The first-order valence-corrected chi connectivity index (χ1v) is 5.76. The summed E-state index contributed by atoms with van der Waals surface area (Å²) in [6.07, 6.45) is 0.876. The molecule has 1 amide bonds. The summed E-state index contributed by atoms with van der Waals surface area (Å²) in [6, 6.07) is 3.34. The molecule has 0 radical (unpaired) electrons. The molecule has 0 aliphatic carbocycles. The molecule has 1 rings (SSSR count). The molecule has 0 spiro atoms. The third-order valence-corrected chi connectivity index (χ3v) is 2.48. The maximum atomic E-state index is 12.0. The van der Waals surface area contributed by atoms with E-state index in [-0.39, 0.29) is 5.91 Å². The zero-order chi connectivity index (χ0) is 13.5. The number of carbonyl (C=O) groups is 1. The Morgan fingerprint density at radius 3 is 2.28 bits per heavy atom. The van der Waals surface area contributed by atoms with Gasteiger partial charge in [-0.3, -0.25) is 4.79 Å². The van der Waals surface area contributed by atoms with Gasteiger partial charge in [-0.2, -0.15) is 0 Å². The normalized spacial score (nSPS) is 9.78. The smallest absolute Gasteiger partial charge is 0.255 e. The van der Waals surface area contributed by atoms with Crippen molar-refractivity contribution in [1.29, 1.82) is 0 Å². The van der Waals surface area contributed by atoms with E-state index in [1.54, 1.807) is 12.1 Å². The van der Waals surface area contributed by atoms with Crippen LogP contribution in [0.25, 0.3) is 0 Å². The Bertz CT molecular complexity index is 418. The maximum Gasteiger partial charge on any atom is 0.255 e. The lowest BCUT2D eigenvalue weighted by molar-refractivity contribution is 0.0950. The second-order valence-corrected chi connectivity index (χ2v) is 3.64. The van der Waals surface area contributed by atoms with E-state index in [0.29, 0.717) is 29.4 Å². The number of carbonyl (C=O) groups excluding carboxylic acids is 1.